The molecule has 0 radical (unpaired) electrons. The molecule has 1 saturated heterocycles. The number of hydrogen-bond acceptors (Lipinski definition) is 4. The maximum absolute atomic E-state index is 12.7. The second kappa shape index (κ2) is 6.96. The minimum absolute atomic E-state index is 0.0545. The smallest absolute Gasteiger partial charge is 0.318 e. The summed E-state index contributed by atoms with van der Waals surface area (Å²) in [6.07, 6.45) is 0.614. The van der Waals surface area contributed by atoms with Crippen molar-refractivity contribution in [3.63, 3.8) is 0 Å². The second-order valence-electron chi connectivity index (χ2n) is 6.20. The first-order chi connectivity index (χ1) is 12.0. The third-order valence-corrected chi connectivity index (χ3v) is 4.63. The molecule has 0 saturated carbocycles. The molecule has 0 spiro atoms. The molecular formula is C18H22N4O3. The van der Waals surface area contributed by atoms with Gasteiger partial charge in [-0.15, -0.1) is 0 Å². The standard InChI is InChI=1S/C18H22N4O3/c1-12-15(13(2)25-20-12)11-19-18(24)21(3)16-9-10-22(17(16)23)14-7-5-4-6-8-14/h4-8,16H,9-11H2,1-3H3,(H,19,24)/t16-/m0/s1. The zero-order chi connectivity index (χ0) is 18.0. The molecule has 0 aliphatic carbocycles. The highest BCUT2D eigenvalue weighted by Gasteiger charge is 2.37. The van der Waals surface area contributed by atoms with Crippen LogP contribution in [0.25, 0.3) is 0 Å². The van der Waals surface area contributed by atoms with E-state index in [-0.39, 0.29) is 11.9 Å². The first-order valence-corrected chi connectivity index (χ1v) is 8.28. The number of urea groups is 1. The maximum Gasteiger partial charge on any atom is 0.318 e. The molecule has 1 aromatic carbocycles. The summed E-state index contributed by atoms with van der Waals surface area (Å²) in [6, 6.07) is 8.77. The maximum atomic E-state index is 12.7. The quantitative estimate of drug-likeness (QED) is 0.924. The van der Waals surface area contributed by atoms with Gasteiger partial charge in [-0.25, -0.2) is 4.79 Å². The van der Waals surface area contributed by atoms with Crippen molar-refractivity contribution >= 4 is 17.6 Å². The molecular weight excluding hydrogens is 320 g/mol. The third-order valence-electron chi connectivity index (χ3n) is 4.63. The predicted octanol–water partition coefficient (Wildman–Crippen LogP) is 2.24. The average molecular weight is 342 g/mol. The number of hydrogen-bond donors (Lipinski definition) is 1. The van der Waals surface area contributed by atoms with Crippen LogP contribution in [0.1, 0.15) is 23.4 Å². The summed E-state index contributed by atoms with van der Waals surface area (Å²) in [7, 11) is 1.65. The highest BCUT2D eigenvalue weighted by atomic mass is 16.5. The van der Waals surface area contributed by atoms with Gasteiger partial charge in [0.1, 0.15) is 11.8 Å². The monoisotopic (exact) mass is 342 g/mol. The molecule has 1 aliphatic heterocycles. The zero-order valence-electron chi connectivity index (χ0n) is 14.7. The minimum Gasteiger partial charge on any atom is -0.361 e. The summed E-state index contributed by atoms with van der Waals surface area (Å²) in [5, 5.41) is 6.71. The van der Waals surface area contributed by atoms with Crippen LogP contribution in [-0.2, 0) is 11.3 Å². The Balaban J connectivity index is 1.62. The van der Waals surface area contributed by atoms with Crippen LogP contribution in [0.15, 0.2) is 34.9 Å². The summed E-state index contributed by atoms with van der Waals surface area (Å²) in [5.41, 5.74) is 2.48. The van der Waals surface area contributed by atoms with Crippen molar-refractivity contribution in [1.29, 1.82) is 0 Å². The van der Waals surface area contributed by atoms with Gasteiger partial charge >= 0.3 is 6.03 Å². The Bertz CT molecular complexity index is 752. The highest BCUT2D eigenvalue weighted by Crippen LogP contribution is 2.23. The van der Waals surface area contributed by atoms with E-state index in [1.165, 1.54) is 4.90 Å². The summed E-state index contributed by atoms with van der Waals surface area (Å²) in [5.74, 6) is 0.633. The molecule has 1 fully saturated rings. The molecule has 1 N–H and O–H groups in total. The van der Waals surface area contributed by atoms with Crippen molar-refractivity contribution in [2.45, 2.75) is 32.9 Å². The molecule has 25 heavy (non-hydrogen) atoms. The third kappa shape index (κ3) is 3.35. The number of amides is 3. The Kier molecular flexibility index (Phi) is 4.74. The number of nitrogens with zero attached hydrogens (tertiary/aromatic N) is 3. The van der Waals surface area contributed by atoms with Crippen molar-refractivity contribution in [2.75, 3.05) is 18.5 Å². The van der Waals surface area contributed by atoms with E-state index in [1.54, 1.807) is 11.9 Å². The van der Waals surface area contributed by atoms with Crippen molar-refractivity contribution in [1.82, 2.24) is 15.4 Å². The van der Waals surface area contributed by atoms with Gasteiger partial charge in [0.25, 0.3) is 0 Å². The second-order valence-corrected chi connectivity index (χ2v) is 6.20. The van der Waals surface area contributed by atoms with Gasteiger partial charge in [-0.05, 0) is 32.4 Å². The number of aryl methyl sites for hydroxylation is 2. The summed E-state index contributed by atoms with van der Waals surface area (Å²) >= 11 is 0. The summed E-state index contributed by atoms with van der Waals surface area (Å²) in [6.45, 7) is 4.58. The van der Waals surface area contributed by atoms with Crippen LogP contribution in [0.4, 0.5) is 10.5 Å². The Morgan fingerprint density at radius 1 is 1.36 bits per heavy atom. The minimum atomic E-state index is -0.454. The average Bonchev–Trinajstić information content (AvgIpc) is 3.15. The number of likely N-dealkylation sites (N-methyl/N-ethyl adjacent to an activating group) is 1. The van der Waals surface area contributed by atoms with E-state index < -0.39 is 6.04 Å². The fourth-order valence-electron chi connectivity index (χ4n) is 3.07. The topological polar surface area (TPSA) is 78.7 Å². The van der Waals surface area contributed by atoms with Crippen LogP contribution in [0.2, 0.25) is 0 Å². The lowest BCUT2D eigenvalue weighted by Gasteiger charge is -2.24. The van der Waals surface area contributed by atoms with Crippen molar-refractivity contribution in [3.8, 4) is 0 Å². The van der Waals surface area contributed by atoms with E-state index in [2.05, 4.69) is 10.5 Å². The van der Waals surface area contributed by atoms with Crippen molar-refractivity contribution < 1.29 is 14.1 Å². The molecule has 1 atom stereocenters. The lowest BCUT2D eigenvalue weighted by Crippen LogP contribution is -2.47. The molecule has 1 aromatic heterocycles. The van der Waals surface area contributed by atoms with E-state index in [1.807, 2.05) is 44.2 Å². The number of aromatic nitrogens is 1. The molecule has 3 rings (SSSR count). The van der Waals surface area contributed by atoms with E-state index >= 15 is 0 Å². The molecule has 2 aromatic rings. The molecule has 0 unspecified atom stereocenters. The van der Waals surface area contributed by atoms with E-state index in [0.29, 0.717) is 25.3 Å². The molecule has 0 bridgehead atoms. The molecule has 7 heteroatoms. The van der Waals surface area contributed by atoms with E-state index in [0.717, 1.165) is 16.9 Å². The van der Waals surface area contributed by atoms with Gasteiger partial charge in [-0.2, -0.15) is 0 Å². The van der Waals surface area contributed by atoms with Gasteiger partial charge in [0.2, 0.25) is 5.91 Å². The van der Waals surface area contributed by atoms with Gasteiger partial charge in [0, 0.05) is 31.4 Å². The number of anilines is 1. The highest BCUT2D eigenvalue weighted by molar-refractivity contribution is 6.01. The normalized spacial score (nSPS) is 17.0. The number of benzene rings is 1. The molecule has 2 heterocycles. The Morgan fingerprint density at radius 3 is 2.72 bits per heavy atom. The van der Waals surface area contributed by atoms with Crippen LogP contribution >= 0.6 is 0 Å². The largest absolute Gasteiger partial charge is 0.361 e. The lowest BCUT2D eigenvalue weighted by molar-refractivity contribution is -0.120. The molecule has 1 aliphatic rings. The van der Waals surface area contributed by atoms with Gasteiger partial charge in [0.05, 0.1) is 5.69 Å². The van der Waals surface area contributed by atoms with Gasteiger partial charge in [0.15, 0.2) is 0 Å². The first-order valence-electron chi connectivity index (χ1n) is 8.28. The fourth-order valence-corrected chi connectivity index (χ4v) is 3.07. The van der Waals surface area contributed by atoms with E-state index in [4.69, 9.17) is 4.52 Å². The number of carbonyl (C=O) groups is 2. The molecule has 132 valence electrons. The molecule has 7 nitrogen and oxygen atoms in total. The Labute approximate surface area is 146 Å². The fraction of sp³-hybridized carbons (Fsp3) is 0.389. The van der Waals surface area contributed by atoms with Crippen LogP contribution < -0.4 is 10.2 Å². The number of para-hydroxylation sites is 1. The van der Waals surface area contributed by atoms with E-state index in [9.17, 15) is 9.59 Å². The van der Waals surface area contributed by atoms with Crippen LogP contribution in [-0.4, -0.2) is 41.6 Å². The number of rotatable bonds is 4. The van der Waals surface area contributed by atoms with Crippen LogP contribution in [0.3, 0.4) is 0 Å². The Hall–Kier alpha value is -2.83. The Morgan fingerprint density at radius 2 is 2.08 bits per heavy atom. The van der Waals surface area contributed by atoms with Gasteiger partial charge in [-0.1, -0.05) is 23.4 Å². The summed E-state index contributed by atoms with van der Waals surface area (Å²) < 4.78 is 5.09. The number of carbonyl (C=O) groups excluding carboxylic acids is 2. The first kappa shape index (κ1) is 17.0. The number of nitrogens with one attached hydrogen (secondary N) is 1. The van der Waals surface area contributed by atoms with Crippen molar-refractivity contribution in [3.05, 3.63) is 47.3 Å². The van der Waals surface area contributed by atoms with Crippen molar-refractivity contribution in [2.24, 2.45) is 0 Å². The summed E-state index contributed by atoms with van der Waals surface area (Å²) in [4.78, 5) is 28.3. The predicted molar refractivity (Wildman–Crippen MR) is 93.2 cm³/mol. The van der Waals surface area contributed by atoms with Crippen LogP contribution in [0.5, 0.6) is 0 Å². The van der Waals surface area contributed by atoms with Gasteiger partial charge in [-0.3, -0.25) is 4.79 Å². The lowest BCUT2D eigenvalue weighted by atomic mass is 10.2. The van der Waals surface area contributed by atoms with Crippen LogP contribution in [0, 0.1) is 13.8 Å². The molecule has 3 amide bonds. The zero-order valence-corrected chi connectivity index (χ0v) is 14.7. The SMILES string of the molecule is Cc1noc(C)c1CNC(=O)N(C)[C@H]1CCN(c2ccccc2)C1=O. The van der Waals surface area contributed by atoms with Gasteiger partial charge < -0.3 is 19.6 Å².